The minimum absolute atomic E-state index is 0.962. The quantitative estimate of drug-likeness (QED) is 0.589. The van der Waals surface area contributed by atoms with Crippen LogP contribution in [0.25, 0.3) is 0 Å². The van der Waals surface area contributed by atoms with E-state index in [4.69, 9.17) is 4.74 Å². The third-order valence-corrected chi connectivity index (χ3v) is 3.41. The average Bonchev–Trinajstić information content (AvgIpc) is 2.54. The molecule has 0 unspecified atom stereocenters. The van der Waals surface area contributed by atoms with Gasteiger partial charge >= 0.3 is 0 Å². The van der Waals surface area contributed by atoms with Crippen LogP contribution in [0.1, 0.15) is 26.2 Å². The fourth-order valence-electron chi connectivity index (χ4n) is 2.62. The number of hydrogen-bond donors (Lipinski definition) is 1. The zero-order valence-electron chi connectivity index (χ0n) is 8.01. The first-order valence-electron chi connectivity index (χ1n) is 5.28. The van der Waals surface area contributed by atoms with Gasteiger partial charge in [-0.25, -0.2) is 0 Å². The van der Waals surface area contributed by atoms with Gasteiger partial charge in [0.05, 0.1) is 19.3 Å². The second-order valence-electron chi connectivity index (χ2n) is 4.39. The maximum atomic E-state index is 5.37. The molecule has 2 heteroatoms. The first-order valence-corrected chi connectivity index (χ1v) is 5.28. The molecule has 2 aliphatic rings. The Labute approximate surface area is 74.9 Å². The van der Waals surface area contributed by atoms with Crippen molar-refractivity contribution in [2.24, 2.45) is 5.92 Å². The van der Waals surface area contributed by atoms with E-state index >= 15 is 0 Å². The lowest BCUT2D eigenvalue weighted by atomic mass is 10.1. The van der Waals surface area contributed by atoms with Gasteiger partial charge in [0.1, 0.15) is 13.1 Å². The Morgan fingerprint density at radius 2 is 1.92 bits per heavy atom. The summed E-state index contributed by atoms with van der Waals surface area (Å²) in [5.74, 6) is 0.977. The van der Waals surface area contributed by atoms with Gasteiger partial charge in [-0.05, 0) is 18.8 Å². The van der Waals surface area contributed by atoms with E-state index in [1.807, 2.05) is 4.90 Å². The normalized spacial score (nSPS) is 38.8. The molecule has 0 aromatic heterocycles. The Kier molecular flexibility index (Phi) is 2.66. The molecule has 1 aliphatic carbocycles. The van der Waals surface area contributed by atoms with Crippen LogP contribution >= 0.6 is 0 Å². The van der Waals surface area contributed by atoms with Crippen LogP contribution in [0.3, 0.4) is 0 Å². The van der Waals surface area contributed by atoms with Crippen molar-refractivity contribution in [1.29, 1.82) is 0 Å². The Bertz CT molecular complexity index is 140. The number of quaternary nitrogens is 1. The molecule has 0 amide bonds. The molecule has 2 fully saturated rings. The minimum atomic E-state index is 0.962. The molecule has 0 spiro atoms. The van der Waals surface area contributed by atoms with Gasteiger partial charge in [0.15, 0.2) is 0 Å². The Hall–Kier alpha value is -0.0800. The fraction of sp³-hybridized carbons (Fsp3) is 1.00. The first-order chi connectivity index (χ1) is 5.86. The van der Waals surface area contributed by atoms with Crippen molar-refractivity contribution in [3.05, 3.63) is 0 Å². The van der Waals surface area contributed by atoms with Gasteiger partial charge in [-0.1, -0.05) is 6.92 Å². The summed E-state index contributed by atoms with van der Waals surface area (Å²) in [6, 6.07) is 0.962. The molecule has 1 saturated heterocycles. The largest absolute Gasteiger partial charge is 0.370 e. The summed E-state index contributed by atoms with van der Waals surface area (Å²) in [6.07, 6.45) is 4.36. The third kappa shape index (κ3) is 1.80. The fourth-order valence-corrected chi connectivity index (χ4v) is 2.62. The second kappa shape index (κ2) is 3.75. The maximum absolute atomic E-state index is 5.37. The van der Waals surface area contributed by atoms with Gasteiger partial charge in [0.25, 0.3) is 0 Å². The zero-order chi connectivity index (χ0) is 8.39. The number of rotatable bonds is 1. The molecule has 12 heavy (non-hydrogen) atoms. The highest BCUT2D eigenvalue weighted by molar-refractivity contribution is 4.72. The SMILES string of the molecule is C[C@H]1CC[C@H]([NH+]2CCOCC2)C1. The summed E-state index contributed by atoms with van der Waals surface area (Å²) in [6.45, 7) is 6.86. The van der Waals surface area contributed by atoms with Crippen LogP contribution < -0.4 is 4.90 Å². The second-order valence-corrected chi connectivity index (χ2v) is 4.39. The molecule has 2 rings (SSSR count). The predicted octanol–water partition coefficient (Wildman–Crippen LogP) is 0.0901. The van der Waals surface area contributed by atoms with Crippen molar-refractivity contribution in [3.8, 4) is 0 Å². The minimum Gasteiger partial charge on any atom is -0.370 e. The van der Waals surface area contributed by atoms with E-state index in [9.17, 15) is 0 Å². The molecule has 1 N–H and O–H groups in total. The van der Waals surface area contributed by atoms with E-state index in [1.165, 1.54) is 32.4 Å². The van der Waals surface area contributed by atoms with Gasteiger partial charge in [0.2, 0.25) is 0 Å². The smallest absolute Gasteiger partial charge is 0.101 e. The molecule has 0 bridgehead atoms. The maximum Gasteiger partial charge on any atom is 0.101 e. The molecule has 1 aliphatic heterocycles. The topological polar surface area (TPSA) is 13.7 Å². The van der Waals surface area contributed by atoms with Gasteiger partial charge in [-0.2, -0.15) is 0 Å². The lowest BCUT2D eigenvalue weighted by molar-refractivity contribution is -0.932. The summed E-state index contributed by atoms with van der Waals surface area (Å²) < 4.78 is 5.37. The molecule has 0 aromatic carbocycles. The van der Waals surface area contributed by atoms with E-state index < -0.39 is 0 Å². The van der Waals surface area contributed by atoms with Gasteiger partial charge < -0.3 is 9.64 Å². The molecular formula is C10H20NO+. The van der Waals surface area contributed by atoms with Crippen LogP contribution in [0.2, 0.25) is 0 Å². The number of nitrogens with one attached hydrogen (secondary N) is 1. The van der Waals surface area contributed by atoms with Crippen LogP contribution in [-0.4, -0.2) is 32.3 Å². The van der Waals surface area contributed by atoms with Crippen molar-refractivity contribution < 1.29 is 9.64 Å². The van der Waals surface area contributed by atoms with E-state index in [0.717, 1.165) is 25.2 Å². The van der Waals surface area contributed by atoms with E-state index in [2.05, 4.69) is 6.92 Å². The molecule has 2 atom stereocenters. The molecule has 1 saturated carbocycles. The molecule has 70 valence electrons. The molecule has 0 radical (unpaired) electrons. The van der Waals surface area contributed by atoms with Crippen LogP contribution in [0.5, 0.6) is 0 Å². The van der Waals surface area contributed by atoms with Crippen molar-refractivity contribution in [2.45, 2.75) is 32.2 Å². The standard InChI is InChI=1S/C10H19NO/c1-9-2-3-10(8-9)11-4-6-12-7-5-11/h9-10H,2-8H2,1H3/p+1/t9-,10-/m0/s1. The Morgan fingerprint density at radius 3 is 2.50 bits per heavy atom. The lowest BCUT2D eigenvalue weighted by Gasteiger charge is -2.29. The van der Waals surface area contributed by atoms with Crippen LogP contribution in [0.15, 0.2) is 0 Å². The highest BCUT2D eigenvalue weighted by Gasteiger charge is 2.30. The number of morpholine rings is 1. The molecule has 1 heterocycles. The number of hydrogen-bond acceptors (Lipinski definition) is 1. The summed E-state index contributed by atoms with van der Waals surface area (Å²) in [4.78, 5) is 1.81. The van der Waals surface area contributed by atoms with E-state index in [1.54, 1.807) is 0 Å². The van der Waals surface area contributed by atoms with Crippen LogP contribution in [0.4, 0.5) is 0 Å². The van der Waals surface area contributed by atoms with E-state index in [-0.39, 0.29) is 0 Å². The summed E-state index contributed by atoms with van der Waals surface area (Å²) in [7, 11) is 0. The van der Waals surface area contributed by atoms with Crippen molar-refractivity contribution in [2.75, 3.05) is 26.3 Å². The third-order valence-electron chi connectivity index (χ3n) is 3.41. The van der Waals surface area contributed by atoms with Gasteiger partial charge in [-0.3, -0.25) is 0 Å². The van der Waals surface area contributed by atoms with Crippen molar-refractivity contribution in [1.82, 2.24) is 0 Å². The first kappa shape index (κ1) is 8.52. The summed E-state index contributed by atoms with van der Waals surface area (Å²) in [5, 5.41) is 0. The number of ether oxygens (including phenoxy) is 1. The molecular weight excluding hydrogens is 150 g/mol. The predicted molar refractivity (Wildman–Crippen MR) is 48.3 cm³/mol. The van der Waals surface area contributed by atoms with Gasteiger partial charge in [0, 0.05) is 6.42 Å². The van der Waals surface area contributed by atoms with Crippen molar-refractivity contribution in [3.63, 3.8) is 0 Å². The Morgan fingerprint density at radius 1 is 1.17 bits per heavy atom. The van der Waals surface area contributed by atoms with Crippen LogP contribution in [-0.2, 0) is 4.74 Å². The van der Waals surface area contributed by atoms with Crippen LogP contribution in [0, 0.1) is 5.92 Å². The average molecular weight is 170 g/mol. The molecule has 2 nitrogen and oxygen atoms in total. The van der Waals surface area contributed by atoms with Crippen molar-refractivity contribution >= 4 is 0 Å². The van der Waals surface area contributed by atoms with E-state index in [0.29, 0.717) is 0 Å². The zero-order valence-corrected chi connectivity index (χ0v) is 8.01. The summed E-state index contributed by atoms with van der Waals surface area (Å²) in [5.41, 5.74) is 0. The Balaban J connectivity index is 1.83. The highest BCUT2D eigenvalue weighted by atomic mass is 16.5. The van der Waals surface area contributed by atoms with Gasteiger partial charge in [-0.15, -0.1) is 0 Å². The monoisotopic (exact) mass is 170 g/mol. The highest BCUT2D eigenvalue weighted by Crippen LogP contribution is 2.22. The molecule has 0 aromatic rings. The summed E-state index contributed by atoms with van der Waals surface area (Å²) >= 11 is 0. The lowest BCUT2D eigenvalue weighted by Crippen LogP contribution is -3.17.